The molecule has 3 heteroatoms. The summed E-state index contributed by atoms with van der Waals surface area (Å²) in [6.07, 6.45) is 2.34. The maximum atomic E-state index is 9.20. The van der Waals surface area contributed by atoms with Gasteiger partial charge in [-0.1, -0.05) is 6.92 Å². The van der Waals surface area contributed by atoms with Gasteiger partial charge in [0.2, 0.25) is 0 Å². The summed E-state index contributed by atoms with van der Waals surface area (Å²) in [7, 11) is 0. The fourth-order valence-electron chi connectivity index (χ4n) is 1.68. The zero-order chi connectivity index (χ0) is 11.3. The van der Waals surface area contributed by atoms with Gasteiger partial charge in [0.05, 0.1) is 18.9 Å². The third-order valence-electron chi connectivity index (χ3n) is 2.49. The number of hydrogen-bond acceptors (Lipinski definition) is 3. The maximum Gasteiger partial charge on any atom is 0.120 e. The van der Waals surface area contributed by atoms with Crippen molar-refractivity contribution in [3.63, 3.8) is 0 Å². The van der Waals surface area contributed by atoms with E-state index in [1.165, 1.54) is 5.56 Å². The Labute approximate surface area is 91.5 Å². The molecule has 1 aromatic heterocycles. The van der Waals surface area contributed by atoms with Crippen LogP contribution in [0.15, 0.2) is 16.7 Å². The number of furan rings is 1. The minimum atomic E-state index is -0.216. The monoisotopic (exact) mass is 211 g/mol. The van der Waals surface area contributed by atoms with Gasteiger partial charge in [-0.3, -0.25) is 0 Å². The van der Waals surface area contributed by atoms with E-state index < -0.39 is 0 Å². The van der Waals surface area contributed by atoms with Gasteiger partial charge in [-0.25, -0.2) is 0 Å². The van der Waals surface area contributed by atoms with Crippen molar-refractivity contribution in [3.05, 3.63) is 23.7 Å². The Morgan fingerprint density at radius 1 is 1.47 bits per heavy atom. The van der Waals surface area contributed by atoms with Gasteiger partial charge in [0.15, 0.2) is 0 Å². The van der Waals surface area contributed by atoms with E-state index >= 15 is 0 Å². The Morgan fingerprint density at radius 2 is 2.20 bits per heavy atom. The van der Waals surface area contributed by atoms with Crippen LogP contribution < -0.4 is 5.32 Å². The molecule has 0 spiro atoms. The van der Waals surface area contributed by atoms with Gasteiger partial charge in [-0.2, -0.15) is 0 Å². The first-order valence-electron chi connectivity index (χ1n) is 5.51. The van der Waals surface area contributed by atoms with E-state index in [9.17, 15) is 5.11 Å². The summed E-state index contributed by atoms with van der Waals surface area (Å²) < 4.78 is 5.32. The van der Waals surface area contributed by atoms with Crippen molar-refractivity contribution in [3.8, 4) is 0 Å². The summed E-state index contributed by atoms with van der Waals surface area (Å²) in [4.78, 5) is 0. The molecular weight excluding hydrogens is 190 g/mol. The Hall–Kier alpha value is -0.800. The van der Waals surface area contributed by atoms with E-state index in [0.29, 0.717) is 5.92 Å². The van der Waals surface area contributed by atoms with Gasteiger partial charge < -0.3 is 14.8 Å². The summed E-state index contributed by atoms with van der Waals surface area (Å²) in [5.41, 5.74) is 1.19. The zero-order valence-corrected chi connectivity index (χ0v) is 9.79. The fourth-order valence-corrected chi connectivity index (χ4v) is 1.68. The van der Waals surface area contributed by atoms with Crippen LogP contribution in [0.4, 0.5) is 0 Å². The van der Waals surface area contributed by atoms with Crippen LogP contribution >= 0.6 is 0 Å². The van der Waals surface area contributed by atoms with Gasteiger partial charge in [0.25, 0.3) is 0 Å². The zero-order valence-electron chi connectivity index (χ0n) is 9.79. The first-order chi connectivity index (χ1) is 7.09. The van der Waals surface area contributed by atoms with Gasteiger partial charge in [0, 0.05) is 0 Å². The lowest BCUT2D eigenvalue weighted by atomic mass is 10.0. The lowest BCUT2D eigenvalue weighted by Gasteiger charge is -2.13. The third kappa shape index (κ3) is 4.49. The van der Waals surface area contributed by atoms with E-state index in [-0.39, 0.29) is 6.10 Å². The van der Waals surface area contributed by atoms with E-state index in [2.05, 4.69) is 12.2 Å². The van der Waals surface area contributed by atoms with Crippen molar-refractivity contribution in [2.45, 2.75) is 39.8 Å². The van der Waals surface area contributed by atoms with Crippen LogP contribution in [0.1, 0.15) is 31.6 Å². The molecule has 1 rings (SSSR count). The van der Waals surface area contributed by atoms with E-state index in [1.54, 1.807) is 6.26 Å². The summed E-state index contributed by atoms with van der Waals surface area (Å²) in [5.74, 6) is 1.49. The molecule has 0 saturated carbocycles. The molecule has 0 aliphatic rings. The molecule has 0 bridgehead atoms. The molecule has 2 unspecified atom stereocenters. The topological polar surface area (TPSA) is 45.4 Å². The lowest BCUT2D eigenvalue weighted by Crippen LogP contribution is -2.23. The lowest BCUT2D eigenvalue weighted by molar-refractivity contribution is 0.163. The van der Waals surface area contributed by atoms with E-state index in [0.717, 1.165) is 25.3 Å². The summed E-state index contributed by atoms with van der Waals surface area (Å²) in [5, 5.41) is 12.5. The molecule has 0 saturated heterocycles. The highest BCUT2D eigenvalue weighted by Gasteiger charge is 2.06. The van der Waals surface area contributed by atoms with Gasteiger partial charge in [0.1, 0.15) is 5.76 Å². The van der Waals surface area contributed by atoms with Crippen LogP contribution in [0.2, 0.25) is 0 Å². The average Bonchev–Trinajstić information content (AvgIpc) is 2.50. The van der Waals surface area contributed by atoms with Crippen LogP contribution in [0.3, 0.4) is 0 Å². The molecule has 0 amide bonds. The molecule has 2 atom stereocenters. The normalized spacial score (nSPS) is 15.2. The Morgan fingerprint density at radius 3 is 2.73 bits per heavy atom. The second-order valence-corrected chi connectivity index (χ2v) is 4.35. The van der Waals surface area contributed by atoms with Crippen LogP contribution in [0.5, 0.6) is 0 Å². The van der Waals surface area contributed by atoms with Crippen molar-refractivity contribution < 1.29 is 9.52 Å². The second-order valence-electron chi connectivity index (χ2n) is 4.35. The average molecular weight is 211 g/mol. The highest BCUT2D eigenvalue weighted by atomic mass is 16.3. The molecule has 86 valence electrons. The maximum absolute atomic E-state index is 9.20. The number of rotatable bonds is 6. The first-order valence-corrected chi connectivity index (χ1v) is 5.51. The van der Waals surface area contributed by atoms with Crippen molar-refractivity contribution in [2.75, 3.05) is 6.54 Å². The molecule has 3 nitrogen and oxygen atoms in total. The predicted octanol–water partition coefficient (Wildman–Crippen LogP) is 2.08. The molecule has 0 fully saturated rings. The van der Waals surface area contributed by atoms with Crippen LogP contribution in [-0.2, 0) is 6.54 Å². The largest absolute Gasteiger partial charge is 0.468 e. The highest BCUT2D eigenvalue weighted by molar-refractivity contribution is 5.13. The van der Waals surface area contributed by atoms with E-state index in [4.69, 9.17) is 4.42 Å². The Bertz CT molecular complexity index is 281. The van der Waals surface area contributed by atoms with Crippen LogP contribution in [0, 0.1) is 12.8 Å². The highest BCUT2D eigenvalue weighted by Crippen LogP contribution is 2.09. The number of aliphatic hydroxyl groups excluding tert-OH is 1. The molecule has 0 aliphatic carbocycles. The molecule has 15 heavy (non-hydrogen) atoms. The quantitative estimate of drug-likeness (QED) is 0.757. The number of aryl methyl sites for hydroxylation is 1. The Balaban J connectivity index is 2.19. The predicted molar refractivity (Wildman–Crippen MR) is 60.6 cm³/mol. The summed E-state index contributed by atoms with van der Waals surface area (Å²) in [6.45, 7) is 7.68. The smallest absolute Gasteiger partial charge is 0.120 e. The summed E-state index contributed by atoms with van der Waals surface area (Å²) in [6, 6.07) is 1.97. The second kappa shape index (κ2) is 5.93. The van der Waals surface area contributed by atoms with Crippen LogP contribution in [-0.4, -0.2) is 17.8 Å². The van der Waals surface area contributed by atoms with Crippen molar-refractivity contribution in [1.29, 1.82) is 0 Å². The van der Waals surface area contributed by atoms with Crippen molar-refractivity contribution in [2.24, 2.45) is 5.92 Å². The molecule has 0 radical (unpaired) electrons. The molecule has 0 aromatic carbocycles. The summed E-state index contributed by atoms with van der Waals surface area (Å²) >= 11 is 0. The third-order valence-corrected chi connectivity index (χ3v) is 2.49. The standard InChI is InChI=1S/C12H21NO2/c1-9(6-11(3)14)7-13-8-12-10(2)4-5-15-12/h4-5,9,11,13-14H,6-8H2,1-3H3. The number of nitrogens with one attached hydrogen (secondary N) is 1. The Kier molecular flexibility index (Phi) is 4.85. The minimum Gasteiger partial charge on any atom is -0.468 e. The molecule has 2 N–H and O–H groups in total. The van der Waals surface area contributed by atoms with E-state index in [1.807, 2.05) is 19.9 Å². The first kappa shape index (κ1) is 12.3. The fraction of sp³-hybridized carbons (Fsp3) is 0.667. The molecule has 0 aliphatic heterocycles. The minimum absolute atomic E-state index is 0.216. The number of aliphatic hydroxyl groups is 1. The van der Waals surface area contributed by atoms with Gasteiger partial charge in [-0.15, -0.1) is 0 Å². The SMILES string of the molecule is Cc1ccoc1CNCC(C)CC(C)O. The number of hydrogen-bond donors (Lipinski definition) is 2. The van der Waals surface area contributed by atoms with Gasteiger partial charge >= 0.3 is 0 Å². The molecular formula is C12H21NO2. The van der Waals surface area contributed by atoms with Gasteiger partial charge in [-0.05, 0) is 44.4 Å². The van der Waals surface area contributed by atoms with Crippen LogP contribution in [0.25, 0.3) is 0 Å². The van der Waals surface area contributed by atoms with Crippen molar-refractivity contribution >= 4 is 0 Å². The van der Waals surface area contributed by atoms with Crippen molar-refractivity contribution in [1.82, 2.24) is 5.32 Å². The molecule has 1 heterocycles. The molecule has 1 aromatic rings.